The van der Waals surface area contributed by atoms with E-state index in [0.29, 0.717) is 16.3 Å². The van der Waals surface area contributed by atoms with Gasteiger partial charge < -0.3 is 10.1 Å². The van der Waals surface area contributed by atoms with Crippen LogP contribution in [0.2, 0.25) is 5.02 Å². The predicted molar refractivity (Wildman–Crippen MR) is 110 cm³/mol. The molecular formula is C21H17ClN2O3S. The molecule has 1 heterocycles. The number of benzene rings is 2. The van der Waals surface area contributed by atoms with E-state index in [2.05, 4.69) is 10.3 Å². The summed E-state index contributed by atoms with van der Waals surface area (Å²) in [4.78, 5) is 30.1. The first-order valence-electron chi connectivity index (χ1n) is 8.43. The fraction of sp³-hybridized carbons (Fsp3) is 0.0952. The van der Waals surface area contributed by atoms with Crippen molar-refractivity contribution in [2.45, 2.75) is 16.7 Å². The lowest BCUT2D eigenvalue weighted by Gasteiger charge is -2.11. The number of rotatable bonds is 6. The second-order valence-corrected chi connectivity index (χ2v) is 7.42. The molecule has 3 aromatic rings. The molecule has 28 heavy (non-hydrogen) atoms. The minimum absolute atomic E-state index is 0.303. The summed E-state index contributed by atoms with van der Waals surface area (Å²) in [7, 11) is 0. The molecule has 1 N–H and O–H groups in total. The van der Waals surface area contributed by atoms with Crippen molar-refractivity contribution in [2.75, 3.05) is 11.9 Å². The summed E-state index contributed by atoms with van der Waals surface area (Å²) in [5.41, 5.74) is 1.74. The van der Waals surface area contributed by atoms with Gasteiger partial charge in [-0.15, -0.1) is 0 Å². The fourth-order valence-corrected chi connectivity index (χ4v) is 3.31. The van der Waals surface area contributed by atoms with Gasteiger partial charge in [0.25, 0.3) is 5.91 Å². The number of nitrogens with zero attached hydrogens (tertiary/aromatic N) is 1. The average molecular weight is 413 g/mol. The van der Waals surface area contributed by atoms with Crippen LogP contribution in [-0.2, 0) is 9.53 Å². The smallest absolute Gasteiger partial charge is 0.340 e. The van der Waals surface area contributed by atoms with Crippen molar-refractivity contribution in [3.63, 3.8) is 0 Å². The molecule has 7 heteroatoms. The van der Waals surface area contributed by atoms with Crippen molar-refractivity contribution < 1.29 is 14.3 Å². The SMILES string of the molecule is Cc1ccc(C(=O)OCC(=O)Nc2ccccc2Sc2ccc(Cl)cc2)cn1. The quantitative estimate of drug-likeness (QED) is 0.577. The highest BCUT2D eigenvalue weighted by Gasteiger charge is 2.12. The van der Waals surface area contributed by atoms with Gasteiger partial charge in [-0.05, 0) is 55.5 Å². The first-order chi connectivity index (χ1) is 13.5. The zero-order valence-electron chi connectivity index (χ0n) is 15.0. The summed E-state index contributed by atoms with van der Waals surface area (Å²) in [5.74, 6) is -1.01. The number of para-hydroxylation sites is 1. The summed E-state index contributed by atoms with van der Waals surface area (Å²) in [6, 6.07) is 18.2. The van der Waals surface area contributed by atoms with Crippen molar-refractivity contribution >= 4 is 40.9 Å². The largest absolute Gasteiger partial charge is 0.452 e. The number of hydrogen-bond acceptors (Lipinski definition) is 5. The minimum Gasteiger partial charge on any atom is -0.452 e. The Morgan fingerprint density at radius 1 is 1.07 bits per heavy atom. The number of anilines is 1. The van der Waals surface area contributed by atoms with Crippen LogP contribution in [0.15, 0.2) is 76.7 Å². The second-order valence-electron chi connectivity index (χ2n) is 5.86. The van der Waals surface area contributed by atoms with Gasteiger partial charge >= 0.3 is 5.97 Å². The van der Waals surface area contributed by atoms with Gasteiger partial charge in [-0.3, -0.25) is 9.78 Å². The van der Waals surface area contributed by atoms with Crippen molar-refractivity contribution in [3.8, 4) is 0 Å². The van der Waals surface area contributed by atoms with Crippen LogP contribution in [-0.4, -0.2) is 23.5 Å². The van der Waals surface area contributed by atoms with Gasteiger partial charge in [-0.25, -0.2) is 4.79 Å². The number of esters is 1. The van der Waals surface area contributed by atoms with Crippen molar-refractivity contribution in [3.05, 3.63) is 83.1 Å². The Labute approximate surface area is 172 Å². The molecule has 0 atom stereocenters. The van der Waals surface area contributed by atoms with Crippen LogP contribution in [0.5, 0.6) is 0 Å². The molecule has 0 aliphatic carbocycles. The molecule has 0 fully saturated rings. The van der Waals surface area contributed by atoms with Crippen molar-refractivity contribution in [1.29, 1.82) is 0 Å². The maximum atomic E-state index is 12.2. The maximum absolute atomic E-state index is 12.2. The Bertz CT molecular complexity index is 976. The molecule has 0 saturated carbocycles. The third-order valence-corrected chi connectivity index (χ3v) is 5.02. The second kappa shape index (κ2) is 9.39. The zero-order chi connectivity index (χ0) is 19.9. The molecule has 0 bridgehead atoms. The van der Waals surface area contributed by atoms with Gasteiger partial charge in [0, 0.05) is 26.7 Å². The molecule has 0 unspecified atom stereocenters. The number of aryl methyl sites for hydroxylation is 1. The minimum atomic E-state index is -0.591. The van der Waals surface area contributed by atoms with Crippen molar-refractivity contribution in [1.82, 2.24) is 4.98 Å². The number of aromatic nitrogens is 1. The Kier molecular flexibility index (Phi) is 6.68. The van der Waals surface area contributed by atoms with Gasteiger partial charge in [0.1, 0.15) is 0 Å². The number of carbonyl (C=O) groups is 2. The van der Waals surface area contributed by atoms with E-state index >= 15 is 0 Å². The molecule has 1 aromatic heterocycles. The maximum Gasteiger partial charge on any atom is 0.340 e. The summed E-state index contributed by atoms with van der Waals surface area (Å²) in [6.07, 6.45) is 1.42. The molecule has 5 nitrogen and oxygen atoms in total. The number of ether oxygens (including phenoxy) is 1. The van der Waals surface area contributed by atoms with Crippen LogP contribution < -0.4 is 5.32 Å². The third kappa shape index (κ3) is 5.58. The summed E-state index contributed by atoms with van der Waals surface area (Å²) >= 11 is 7.41. The van der Waals surface area contributed by atoms with Crippen LogP contribution in [0, 0.1) is 6.92 Å². The standard InChI is InChI=1S/C21H17ClN2O3S/c1-14-6-7-15(12-23-14)21(26)27-13-20(25)24-18-4-2-3-5-19(18)28-17-10-8-16(22)9-11-17/h2-12H,13H2,1H3,(H,24,25). The first-order valence-corrected chi connectivity index (χ1v) is 9.63. The normalized spacial score (nSPS) is 10.4. The summed E-state index contributed by atoms with van der Waals surface area (Å²) < 4.78 is 5.06. The fourth-order valence-electron chi connectivity index (χ4n) is 2.28. The van der Waals surface area contributed by atoms with E-state index in [-0.39, 0.29) is 6.61 Å². The van der Waals surface area contributed by atoms with E-state index in [9.17, 15) is 9.59 Å². The Hall–Kier alpha value is -2.83. The number of hydrogen-bond donors (Lipinski definition) is 1. The number of pyridine rings is 1. The zero-order valence-corrected chi connectivity index (χ0v) is 16.6. The summed E-state index contributed by atoms with van der Waals surface area (Å²) in [5, 5.41) is 3.44. The van der Waals surface area contributed by atoms with Gasteiger partial charge in [0.2, 0.25) is 0 Å². The molecule has 0 aliphatic rings. The third-order valence-electron chi connectivity index (χ3n) is 3.68. The summed E-state index contributed by atoms with van der Waals surface area (Å²) in [6.45, 7) is 1.44. The lowest BCUT2D eigenvalue weighted by molar-refractivity contribution is -0.119. The van der Waals surface area contributed by atoms with Crippen LogP contribution in [0.3, 0.4) is 0 Å². The molecule has 142 valence electrons. The van der Waals surface area contributed by atoms with Crippen LogP contribution >= 0.6 is 23.4 Å². The first kappa shape index (κ1) is 19.9. The lowest BCUT2D eigenvalue weighted by Crippen LogP contribution is -2.21. The molecule has 1 amide bonds. The van der Waals surface area contributed by atoms with E-state index in [1.54, 1.807) is 18.2 Å². The topological polar surface area (TPSA) is 68.3 Å². The van der Waals surface area contributed by atoms with Gasteiger partial charge in [0.05, 0.1) is 11.3 Å². The molecule has 0 aliphatic heterocycles. The number of amides is 1. The van der Waals surface area contributed by atoms with Crippen molar-refractivity contribution in [2.24, 2.45) is 0 Å². The molecule has 3 rings (SSSR count). The van der Waals surface area contributed by atoms with E-state index < -0.39 is 11.9 Å². The average Bonchev–Trinajstić information content (AvgIpc) is 2.70. The molecule has 0 spiro atoms. The van der Waals surface area contributed by atoms with Gasteiger partial charge in [-0.1, -0.05) is 35.5 Å². The molecule has 0 saturated heterocycles. The number of nitrogens with one attached hydrogen (secondary N) is 1. The van der Waals surface area contributed by atoms with Gasteiger partial charge in [-0.2, -0.15) is 0 Å². The molecule has 0 radical (unpaired) electrons. The molecule has 2 aromatic carbocycles. The highest BCUT2D eigenvalue weighted by atomic mass is 35.5. The lowest BCUT2D eigenvalue weighted by atomic mass is 10.2. The van der Waals surface area contributed by atoms with E-state index in [0.717, 1.165) is 15.5 Å². The van der Waals surface area contributed by atoms with Gasteiger partial charge in [0.15, 0.2) is 6.61 Å². The van der Waals surface area contributed by atoms with E-state index in [1.807, 2.05) is 49.4 Å². The van der Waals surface area contributed by atoms with E-state index in [4.69, 9.17) is 16.3 Å². The van der Waals surface area contributed by atoms with Crippen LogP contribution in [0.1, 0.15) is 16.1 Å². The number of halogens is 1. The highest BCUT2D eigenvalue weighted by Crippen LogP contribution is 2.33. The van der Waals surface area contributed by atoms with Crippen LogP contribution in [0.25, 0.3) is 0 Å². The monoisotopic (exact) mass is 412 g/mol. The predicted octanol–water partition coefficient (Wildman–Crippen LogP) is 4.99. The molecular weight excluding hydrogens is 396 g/mol. The number of carbonyl (C=O) groups excluding carboxylic acids is 2. The van der Waals surface area contributed by atoms with Crippen LogP contribution in [0.4, 0.5) is 5.69 Å². The Balaban J connectivity index is 1.60. The Morgan fingerprint density at radius 3 is 2.54 bits per heavy atom. The Morgan fingerprint density at radius 2 is 1.82 bits per heavy atom. The highest BCUT2D eigenvalue weighted by molar-refractivity contribution is 7.99. The van der Waals surface area contributed by atoms with E-state index in [1.165, 1.54) is 18.0 Å².